The number of hydrogen-bond donors (Lipinski definition) is 2. The Hall–Kier alpha value is -2.09. The molecular formula is C20H25NO5S. The van der Waals surface area contributed by atoms with Crippen LogP contribution in [0, 0.1) is 6.92 Å². The van der Waals surface area contributed by atoms with E-state index in [1.165, 1.54) is 6.07 Å². The van der Waals surface area contributed by atoms with Crippen molar-refractivity contribution in [2.24, 2.45) is 0 Å². The molecule has 1 aliphatic rings. The van der Waals surface area contributed by atoms with Gasteiger partial charge in [0.15, 0.2) is 0 Å². The minimum Gasteiger partial charge on any atom is -0.497 e. The minimum absolute atomic E-state index is 0.0836. The molecule has 0 amide bonds. The van der Waals surface area contributed by atoms with Crippen molar-refractivity contribution in [2.45, 2.75) is 36.7 Å². The maximum atomic E-state index is 12.7. The van der Waals surface area contributed by atoms with Crippen LogP contribution in [0.4, 0.5) is 0 Å². The van der Waals surface area contributed by atoms with Gasteiger partial charge < -0.3 is 14.6 Å². The number of sulfonamides is 1. The maximum absolute atomic E-state index is 12.7. The topological polar surface area (TPSA) is 84.9 Å². The first-order valence-corrected chi connectivity index (χ1v) is 10.3. The van der Waals surface area contributed by atoms with Crippen molar-refractivity contribution in [1.29, 1.82) is 0 Å². The second kappa shape index (κ2) is 7.50. The van der Waals surface area contributed by atoms with E-state index >= 15 is 0 Å². The Labute approximate surface area is 160 Å². The third kappa shape index (κ3) is 3.95. The monoisotopic (exact) mass is 391 g/mol. The molecular weight excluding hydrogens is 366 g/mol. The zero-order valence-electron chi connectivity index (χ0n) is 15.8. The Balaban J connectivity index is 1.83. The number of aryl methyl sites for hydroxylation is 2. The summed E-state index contributed by atoms with van der Waals surface area (Å²) in [5.41, 5.74) is 1.23. The van der Waals surface area contributed by atoms with E-state index in [1.807, 2.05) is 12.1 Å². The minimum atomic E-state index is -3.75. The molecule has 146 valence electrons. The molecule has 2 N–H and O–H groups in total. The Morgan fingerprint density at radius 1 is 1.15 bits per heavy atom. The van der Waals surface area contributed by atoms with E-state index in [9.17, 15) is 13.5 Å². The first-order chi connectivity index (χ1) is 12.8. The van der Waals surface area contributed by atoms with Gasteiger partial charge in [0, 0.05) is 6.54 Å². The normalized spacial score (nSPS) is 19.4. The summed E-state index contributed by atoms with van der Waals surface area (Å²) in [5, 5.41) is 11.1. The average Bonchev–Trinajstić information content (AvgIpc) is 2.66. The van der Waals surface area contributed by atoms with Gasteiger partial charge in [0.05, 0.1) is 19.1 Å². The van der Waals surface area contributed by atoms with Crippen LogP contribution in [0.15, 0.2) is 41.3 Å². The molecule has 1 unspecified atom stereocenters. The Morgan fingerprint density at radius 3 is 2.59 bits per heavy atom. The maximum Gasteiger partial charge on any atom is 0.240 e. The molecule has 1 aliphatic carbocycles. The molecule has 0 fully saturated rings. The standard InChI is InChI=1S/C20H25NO5S/c1-14-11-17(7-9-19(14)26-3)27(23,24)21-13-20(22)10-4-5-15-12-16(25-2)6-8-18(15)20/h6-9,11-12,21-22H,4-5,10,13H2,1-3H3. The van der Waals surface area contributed by atoms with Crippen molar-refractivity contribution in [1.82, 2.24) is 4.72 Å². The second-order valence-electron chi connectivity index (χ2n) is 6.86. The van der Waals surface area contributed by atoms with E-state index in [1.54, 1.807) is 39.3 Å². The lowest BCUT2D eigenvalue weighted by atomic mass is 9.79. The molecule has 2 aromatic carbocycles. The lowest BCUT2D eigenvalue weighted by Crippen LogP contribution is -2.43. The molecule has 0 aromatic heterocycles. The number of aliphatic hydroxyl groups is 1. The third-order valence-electron chi connectivity index (χ3n) is 5.08. The third-order valence-corrected chi connectivity index (χ3v) is 6.48. The summed E-state index contributed by atoms with van der Waals surface area (Å²) in [6, 6.07) is 10.2. The molecule has 6 nitrogen and oxygen atoms in total. The summed E-state index contributed by atoms with van der Waals surface area (Å²) in [6.07, 6.45) is 2.11. The van der Waals surface area contributed by atoms with Crippen LogP contribution in [0.5, 0.6) is 11.5 Å². The first-order valence-electron chi connectivity index (χ1n) is 8.83. The first kappa shape index (κ1) is 19.7. The zero-order valence-corrected chi connectivity index (χ0v) is 16.6. The number of hydrogen-bond acceptors (Lipinski definition) is 5. The molecule has 27 heavy (non-hydrogen) atoms. The fraction of sp³-hybridized carbons (Fsp3) is 0.400. The number of ether oxygens (including phenoxy) is 2. The molecule has 3 rings (SSSR count). The van der Waals surface area contributed by atoms with E-state index in [2.05, 4.69) is 4.72 Å². The summed E-state index contributed by atoms with van der Waals surface area (Å²) in [7, 11) is -0.610. The summed E-state index contributed by atoms with van der Waals surface area (Å²) in [4.78, 5) is 0.148. The summed E-state index contributed by atoms with van der Waals surface area (Å²) in [5.74, 6) is 1.36. The van der Waals surface area contributed by atoms with Gasteiger partial charge >= 0.3 is 0 Å². The van der Waals surface area contributed by atoms with Crippen LogP contribution in [0.25, 0.3) is 0 Å². The number of benzene rings is 2. The van der Waals surface area contributed by atoms with Crippen LogP contribution >= 0.6 is 0 Å². The van der Waals surface area contributed by atoms with Gasteiger partial charge in [-0.15, -0.1) is 0 Å². The lowest BCUT2D eigenvalue weighted by Gasteiger charge is -2.34. The van der Waals surface area contributed by atoms with Crippen molar-refractivity contribution in [3.8, 4) is 11.5 Å². The molecule has 0 saturated carbocycles. The highest BCUT2D eigenvalue weighted by atomic mass is 32.2. The van der Waals surface area contributed by atoms with Crippen LogP contribution in [-0.4, -0.2) is 34.3 Å². The van der Waals surface area contributed by atoms with Gasteiger partial charge in [-0.1, -0.05) is 6.07 Å². The van der Waals surface area contributed by atoms with Gasteiger partial charge in [0.1, 0.15) is 17.1 Å². The van der Waals surface area contributed by atoms with E-state index in [0.29, 0.717) is 12.2 Å². The van der Waals surface area contributed by atoms with Crippen molar-refractivity contribution in [3.05, 3.63) is 53.1 Å². The Bertz CT molecular complexity index is 941. The van der Waals surface area contributed by atoms with E-state index in [0.717, 1.165) is 35.3 Å². The fourth-order valence-electron chi connectivity index (χ4n) is 3.56. The molecule has 0 radical (unpaired) electrons. The molecule has 7 heteroatoms. The van der Waals surface area contributed by atoms with E-state index in [-0.39, 0.29) is 11.4 Å². The molecule has 0 spiro atoms. The van der Waals surface area contributed by atoms with Crippen LogP contribution in [0.3, 0.4) is 0 Å². The molecule has 0 heterocycles. The number of rotatable bonds is 6. The smallest absolute Gasteiger partial charge is 0.240 e. The molecule has 2 aromatic rings. The van der Waals surface area contributed by atoms with Gasteiger partial charge in [-0.3, -0.25) is 0 Å². The van der Waals surface area contributed by atoms with Crippen molar-refractivity contribution in [3.63, 3.8) is 0 Å². The lowest BCUT2D eigenvalue weighted by molar-refractivity contribution is 0.0242. The number of methoxy groups -OCH3 is 2. The number of fused-ring (bicyclic) bond motifs is 1. The predicted octanol–water partition coefficient (Wildman–Crippen LogP) is 2.51. The molecule has 0 bridgehead atoms. The fourth-order valence-corrected chi connectivity index (χ4v) is 4.74. The summed E-state index contributed by atoms with van der Waals surface area (Å²) >= 11 is 0. The highest BCUT2D eigenvalue weighted by Gasteiger charge is 2.35. The quantitative estimate of drug-likeness (QED) is 0.790. The molecule has 1 atom stereocenters. The van der Waals surface area contributed by atoms with Crippen LogP contribution in [0.2, 0.25) is 0 Å². The van der Waals surface area contributed by atoms with Crippen LogP contribution < -0.4 is 14.2 Å². The molecule has 0 saturated heterocycles. The van der Waals surface area contributed by atoms with Crippen molar-refractivity contribution >= 4 is 10.0 Å². The van der Waals surface area contributed by atoms with Gasteiger partial charge in [-0.25, -0.2) is 13.1 Å². The molecule has 0 aliphatic heterocycles. The summed E-state index contributed by atoms with van der Waals surface area (Å²) in [6.45, 7) is 1.70. The van der Waals surface area contributed by atoms with Gasteiger partial charge in [-0.05, 0) is 73.2 Å². The van der Waals surface area contributed by atoms with Crippen molar-refractivity contribution in [2.75, 3.05) is 20.8 Å². The predicted molar refractivity (Wildman–Crippen MR) is 103 cm³/mol. The Morgan fingerprint density at radius 2 is 1.93 bits per heavy atom. The average molecular weight is 391 g/mol. The Kier molecular flexibility index (Phi) is 5.46. The van der Waals surface area contributed by atoms with Gasteiger partial charge in [-0.2, -0.15) is 0 Å². The highest BCUT2D eigenvalue weighted by molar-refractivity contribution is 7.89. The van der Waals surface area contributed by atoms with Crippen LogP contribution in [0.1, 0.15) is 29.5 Å². The van der Waals surface area contributed by atoms with E-state index < -0.39 is 15.6 Å². The zero-order chi connectivity index (χ0) is 19.7. The van der Waals surface area contributed by atoms with E-state index in [4.69, 9.17) is 9.47 Å². The van der Waals surface area contributed by atoms with Gasteiger partial charge in [0.2, 0.25) is 10.0 Å². The number of nitrogens with one attached hydrogen (secondary N) is 1. The second-order valence-corrected chi connectivity index (χ2v) is 8.63. The van der Waals surface area contributed by atoms with Crippen LogP contribution in [-0.2, 0) is 22.0 Å². The largest absolute Gasteiger partial charge is 0.497 e. The SMILES string of the molecule is COc1ccc2c(c1)CCCC2(O)CNS(=O)(=O)c1ccc(OC)c(C)c1. The summed E-state index contributed by atoms with van der Waals surface area (Å²) < 4.78 is 38.4. The van der Waals surface area contributed by atoms with Gasteiger partial charge in [0.25, 0.3) is 0 Å². The van der Waals surface area contributed by atoms with Crippen molar-refractivity contribution < 1.29 is 23.0 Å². The highest BCUT2D eigenvalue weighted by Crippen LogP contribution is 2.37.